The Morgan fingerprint density at radius 2 is 2.04 bits per heavy atom. The molecule has 0 fully saturated rings. The van der Waals surface area contributed by atoms with Crippen molar-refractivity contribution in [3.8, 4) is 5.75 Å². The second-order valence-corrected chi connectivity index (χ2v) is 6.50. The Labute approximate surface area is 135 Å². The van der Waals surface area contributed by atoms with Crippen LogP contribution in [0.5, 0.6) is 5.75 Å². The number of aromatic carboxylic acids is 1. The summed E-state index contributed by atoms with van der Waals surface area (Å²) in [5.41, 5.74) is 0.0342. The fourth-order valence-corrected chi connectivity index (χ4v) is 2.11. The lowest BCUT2D eigenvalue weighted by Gasteiger charge is -2.20. The molecule has 1 heterocycles. The molecule has 1 atom stereocenters. The zero-order valence-electron chi connectivity index (χ0n) is 13.6. The van der Waals surface area contributed by atoms with Crippen molar-refractivity contribution in [2.24, 2.45) is 5.41 Å². The maximum Gasteiger partial charge on any atom is 0.354 e. The minimum Gasteiger partial charge on any atom is -0.484 e. The number of aromatic nitrogens is 1. The summed E-state index contributed by atoms with van der Waals surface area (Å²) in [6.45, 7) is 5.44. The van der Waals surface area contributed by atoms with Gasteiger partial charge in [-0.3, -0.25) is 4.79 Å². The molecule has 0 aromatic carbocycles. The average Bonchev–Trinajstić information content (AvgIpc) is 2.52. The molecule has 122 valence electrons. The molecule has 0 saturated carbocycles. The fraction of sp³-hybridized carbons (Fsp3) is 0.389. The highest BCUT2D eigenvalue weighted by Gasteiger charge is 2.24. The van der Waals surface area contributed by atoms with Gasteiger partial charge in [0.05, 0.1) is 5.69 Å². The van der Waals surface area contributed by atoms with E-state index in [9.17, 15) is 9.59 Å². The van der Waals surface area contributed by atoms with Gasteiger partial charge in [0, 0.05) is 11.3 Å². The molecule has 0 radical (unpaired) electrons. The standard InChI is InChI=1S/C18H21NO4/c1-18(2,3)15(20)11-23-14-10-9-13(17(21)22)19-16(14)12-7-5-4-6-8-12/h4-7,9-10,12H,8,11H2,1-3H3,(H,21,22). The number of hydrogen-bond donors (Lipinski definition) is 1. The fourth-order valence-electron chi connectivity index (χ4n) is 2.11. The molecule has 0 amide bonds. The highest BCUT2D eigenvalue weighted by Crippen LogP contribution is 2.31. The van der Waals surface area contributed by atoms with Gasteiger partial charge in [-0.15, -0.1) is 0 Å². The van der Waals surface area contributed by atoms with E-state index in [2.05, 4.69) is 4.98 Å². The molecule has 0 aliphatic heterocycles. The number of carbonyl (C=O) groups excluding carboxylic acids is 1. The van der Waals surface area contributed by atoms with E-state index in [-0.39, 0.29) is 24.0 Å². The number of ketones is 1. The summed E-state index contributed by atoms with van der Waals surface area (Å²) in [5, 5.41) is 9.13. The molecule has 2 rings (SSSR count). The van der Waals surface area contributed by atoms with E-state index in [1.54, 1.807) is 6.07 Å². The van der Waals surface area contributed by atoms with Gasteiger partial charge in [-0.25, -0.2) is 9.78 Å². The summed E-state index contributed by atoms with van der Waals surface area (Å²) in [6.07, 6.45) is 8.49. The molecule has 1 aliphatic carbocycles. The Balaban J connectivity index is 2.27. The number of carbonyl (C=O) groups is 2. The number of ether oxygens (including phenoxy) is 1. The van der Waals surface area contributed by atoms with Crippen LogP contribution in [0.25, 0.3) is 0 Å². The molecule has 0 spiro atoms. The first kappa shape index (κ1) is 16.9. The molecule has 1 unspecified atom stereocenters. The maximum atomic E-state index is 12.0. The van der Waals surface area contributed by atoms with Gasteiger partial charge in [-0.05, 0) is 18.6 Å². The largest absolute Gasteiger partial charge is 0.484 e. The van der Waals surface area contributed by atoms with Crippen LogP contribution in [0.3, 0.4) is 0 Å². The minimum atomic E-state index is -1.08. The van der Waals surface area contributed by atoms with E-state index >= 15 is 0 Å². The zero-order valence-corrected chi connectivity index (χ0v) is 13.6. The number of allylic oxidation sites excluding steroid dienone is 4. The van der Waals surface area contributed by atoms with Crippen LogP contribution in [0.1, 0.15) is 49.3 Å². The molecule has 0 bridgehead atoms. The van der Waals surface area contributed by atoms with Crippen molar-refractivity contribution in [3.05, 3.63) is 47.8 Å². The van der Waals surface area contributed by atoms with Crippen molar-refractivity contribution in [1.29, 1.82) is 0 Å². The monoisotopic (exact) mass is 315 g/mol. The van der Waals surface area contributed by atoms with Crippen LogP contribution in [0, 0.1) is 5.41 Å². The molecule has 1 aromatic heterocycles. The minimum absolute atomic E-state index is 0.0233. The van der Waals surface area contributed by atoms with Crippen LogP contribution >= 0.6 is 0 Å². The van der Waals surface area contributed by atoms with Gasteiger partial charge in [-0.1, -0.05) is 45.1 Å². The molecular formula is C18H21NO4. The van der Waals surface area contributed by atoms with E-state index < -0.39 is 11.4 Å². The van der Waals surface area contributed by atoms with Gasteiger partial charge >= 0.3 is 5.97 Å². The summed E-state index contributed by atoms with van der Waals surface area (Å²) in [5.74, 6) is -0.708. The van der Waals surface area contributed by atoms with E-state index in [1.165, 1.54) is 6.07 Å². The first-order valence-electron chi connectivity index (χ1n) is 7.52. The number of carboxylic acids is 1. The highest BCUT2D eigenvalue weighted by atomic mass is 16.5. The predicted octanol–water partition coefficient (Wildman–Crippen LogP) is 3.37. The Morgan fingerprint density at radius 1 is 1.30 bits per heavy atom. The Bertz CT molecular complexity index is 668. The van der Waals surface area contributed by atoms with Gasteiger partial charge < -0.3 is 9.84 Å². The smallest absolute Gasteiger partial charge is 0.354 e. The SMILES string of the molecule is CC(C)(C)C(=O)COc1ccc(C(=O)O)nc1C1C=CC=CC1. The number of Topliss-reactive ketones (excluding diaryl/α,β-unsaturated/α-hetero) is 1. The van der Waals surface area contributed by atoms with E-state index in [1.807, 2.05) is 45.1 Å². The third-order valence-corrected chi connectivity index (χ3v) is 3.63. The average molecular weight is 315 g/mol. The van der Waals surface area contributed by atoms with Gasteiger partial charge in [-0.2, -0.15) is 0 Å². The normalized spacial score (nSPS) is 17.1. The van der Waals surface area contributed by atoms with Gasteiger partial charge in [0.25, 0.3) is 0 Å². The molecule has 5 heteroatoms. The number of rotatable bonds is 5. The van der Waals surface area contributed by atoms with E-state index in [0.29, 0.717) is 11.4 Å². The third kappa shape index (κ3) is 4.28. The summed E-state index contributed by atoms with van der Waals surface area (Å²) in [7, 11) is 0. The first-order valence-corrected chi connectivity index (χ1v) is 7.52. The Kier molecular flexibility index (Phi) is 4.98. The van der Waals surface area contributed by atoms with Crippen molar-refractivity contribution in [2.45, 2.75) is 33.1 Å². The number of carboxylic acid groups (broad SMARTS) is 1. The Morgan fingerprint density at radius 3 is 2.61 bits per heavy atom. The molecule has 0 saturated heterocycles. The zero-order chi connectivity index (χ0) is 17.0. The quantitative estimate of drug-likeness (QED) is 0.901. The van der Waals surface area contributed by atoms with Crippen LogP contribution in [0.2, 0.25) is 0 Å². The van der Waals surface area contributed by atoms with Crippen LogP contribution in [0.15, 0.2) is 36.4 Å². The maximum absolute atomic E-state index is 12.0. The summed E-state index contributed by atoms with van der Waals surface area (Å²) < 4.78 is 5.65. The molecule has 23 heavy (non-hydrogen) atoms. The van der Waals surface area contributed by atoms with Crippen LogP contribution in [0.4, 0.5) is 0 Å². The van der Waals surface area contributed by atoms with Crippen LogP contribution < -0.4 is 4.74 Å². The van der Waals surface area contributed by atoms with Gasteiger partial charge in [0.1, 0.15) is 18.1 Å². The summed E-state index contributed by atoms with van der Waals surface area (Å²) in [4.78, 5) is 27.4. The Hall–Kier alpha value is -2.43. The molecule has 1 N–H and O–H groups in total. The van der Waals surface area contributed by atoms with Crippen molar-refractivity contribution >= 4 is 11.8 Å². The number of nitrogens with zero attached hydrogens (tertiary/aromatic N) is 1. The summed E-state index contributed by atoms with van der Waals surface area (Å²) in [6, 6.07) is 2.97. The second kappa shape index (κ2) is 6.77. The molecule has 1 aliphatic rings. The summed E-state index contributed by atoms with van der Waals surface area (Å²) >= 11 is 0. The number of hydrogen-bond acceptors (Lipinski definition) is 4. The van der Waals surface area contributed by atoms with Crippen LogP contribution in [-0.4, -0.2) is 28.4 Å². The van der Waals surface area contributed by atoms with Crippen molar-refractivity contribution in [3.63, 3.8) is 0 Å². The van der Waals surface area contributed by atoms with Gasteiger partial charge in [0.2, 0.25) is 0 Å². The molecule has 5 nitrogen and oxygen atoms in total. The van der Waals surface area contributed by atoms with E-state index in [4.69, 9.17) is 9.84 Å². The number of pyridine rings is 1. The lowest BCUT2D eigenvalue weighted by Crippen LogP contribution is -2.26. The predicted molar refractivity (Wildman–Crippen MR) is 86.8 cm³/mol. The van der Waals surface area contributed by atoms with Crippen molar-refractivity contribution < 1.29 is 19.4 Å². The van der Waals surface area contributed by atoms with Crippen molar-refractivity contribution in [1.82, 2.24) is 4.98 Å². The topological polar surface area (TPSA) is 76.5 Å². The lowest BCUT2D eigenvalue weighted by atomic mass is 9.91. The molecular weight excluding hydrogens is 294 g/mol. The third-order valence-electron chi connectivity index (χ3n) is 3.63. The lowest BCUT2D eigenvalue weighted by molar-refractivity contribution is -0.128. The first-order chi connectivity index (χ1) is 10.8. The highest BCUT2D eigenvalue weighted by molar-refractivity contribution is 5.86. The second-order valence-electron chi connectivity index (χ2n) is 6.50. The van der Waals surface area contributed by atoms with Gasteiger partial charge in [0.15, 0.2) is 5.78 Å². The van der Waals surface area contributed by atoms with E-state index in [0.717, 1.165) is 6.42 Å². The van der Waals surface area contributed by atoms with Crippen molar-refractivity contribution in [2.75, 3.05) is 6.61 Å². The molecule has 1 aromatic rings. The van der Waals surface area contributed by atoms with Crippen LogP contribution in [-0.2, 0) is 4.79 Å².